The normalized spacial score (nSPS) is 22.4. The van der Waals surface area contributed by atoms with Gasteiger partial charge in [-0.05, 0) is 44.9 Å². The summed E-state index contributed by atoms with van der Waals surface area (Å²) in [5.41, 5.74) is 1.37. The number of nitrogens with zero attached hydrogens (tertiary/aromatic N) is 2. The molecule has 0 aliphatic carbocycles. The minimum absolute atomic E-state index is 0.733. The SMILES string of the molecule is CN(C1CCOCC1)C1CCN(c2ccccc2)CC1. The average Bonchev–Trinajstić information content (AvgIpc) is 2.56. The molecule has 0 aromatic heterocycles. The van der Waals surface area contributed by atoms with Crippen molar-refractivity contribution in [1.29, 1.82) is 0 Å². The van der Waals surface area contributed by atoms with E-state index in [1.165, 1.54) is 44.5 Å². The first-order valence-electron chi connectivity index (χ1n) is 7.94. The van der Waals surface area contributed by atoms with Crippen molar-refractivity contribution >= 4 is 5.69 Å². The second-order valence-electron chi connectivity index (χ2n) is 6.06. The van der Waals surface area contributed by atoms with Crippen LogP contribution in [0.3, 0.4) is 0 Å². The molecule has 3 heteroatoms. The molecule has 2 aliphatic heterocycles. The zero-order valence-electron chi connectivity index (χ0n) is 12.5. The molecule has 3 nitrogen and oxygen atoms in total. The quantitative estimate of drug-likeness (QED) is 0.843. The minimum Gasteiger partial charge on any atom is -0.381 e. The largest absolute Gasteiger partial charge is 0.381 e. The van der Waals surface area contributed by atoms with E-state index >= 15 is 0 Å². The Morgan fingerprint density at radius 1 is 0.950 bits per heavy atom. The third-order valence-electron chi connectivity index (χ3n) is 4.93. The molecule has 0 spiro atoms. The topological polar surface area (TPSA) is 15.7 Å². The van der Waals surface area contributed by atoms with E-state index in [1.807, 2.05) is 0 Å². The second kappa shape index (κ2) is 6.59. The molecular formula is C17H26N2O. The van der Waals surface area contributed by atoms with E-state index in [1.54, 1.807) is 0 Å². The van der Waals surface area contributed by atoms with Crippen LogP contribution in [0.2, 0.25) is 0 Å². The molecule has 2 heterocycles. The molecule has 2 fully saturated rings. The van der Waals surface area contributed by atoms with Gasteiger partial charge in [0.2, 0.25) is 0 Å². The Morgan fingerprint density at radius 2 is 1.55 bits per heavy atom. The third kappa shape index (κ3) is 3.15. The predicted octanol–water partition coefficient (Wildman–Crippen LogP) is 2.77. The number of ether oxygens (including phenoxy) is 1. The van der Waals surface area contributed by atoms with Gasteiger partial charge < -0.3 is 14.5 Å². The molecule has 0 N–H and O–H groups in total. The molecule has 0 radical (unpaired) electrons. The number of hydrogen-bond acceptors (Lipinski definition) is 3. The van der Waals surface area contributed by atoms with Gasteiger partial charge in [-0.15, -0.1) is 0 Å². The zero-order chi connectivity index (χ0) is 13.8. The van der Waals surface area contributed by atoms with Gasteiger partial charge in [0.15, 0.2) is 0 Å². The number of anilines is 1. The van der Waals surface area contributed by atoms with E-state index in [9.17, 15) is 0 Å². The summed E-state index contributed by atoms with van der Waals surface area (Å²) in [4.78, 5) is 5.15. The van der Waals surface area contributed by atoms with E-state index in [2.05, 4.69) is 47.2 Å². The van der Waals surface area contributed by atoms with Crippen LogP contribution in [0.15, 0.2) is 30.3 Å². The van der Waals surface area contributed by atoms with Crippen molar-refractivity contribution in [1.82, 2.24) is 4.90 Å². The number of benzene rings is 1. The van der Waals surface area contributed by atoms with Gasteiger partial charge in [-0.3, -0.25) is 0 Å². The molecule has 0 unspecified atom stereocenters. The summed E-state index contributed by atoms with van der Waals surface area (Å²) >= 11 is 0. The Morgan fingerprint density at radius 3 is 2.20 bits per heavy atom. The van der Waals surface area contributed by atoms with Gasteiger partial charge in [0, 0.05) is 44.1 Å². The molecule has 0 saturated carbocycles. The Kier molecular flexibility index (Phi) is 4.58. The fraction of sp³-hybridized carbons (Fsp3) is 0.647. The van der Waals surface area contributed by atoms with Gasteiger partial charge in [-0.2, -0.15) is 0 Å². The van der Waals surface area contributed by atoms with Crippen LogP contribution in [0.5, 0.6) is 0 Å². The summed E-state index contributed by atoms with van der Waals surface area (Å²) < 4.78 is 5.48. The van der Waals surface area contributed by atoms with Crippen LogP contribution < -0.4 is 4.90 Å². The zero-order valence-corrected chi connectivity index (χ0v) is 12.5. The lowest BCUT2D eigenvalue weighted by molar-refractivity contribution is 0.0244. The van der Waals surface area contributed by atoms with Crippen molar-refractivity contribution < 1.29 is 4.74 Å². The van der Waals surface area contributed by atoms with E-state index in [0.717, 1.165) is 25.3 Å². The maximum Gasteiger partial charge on any atom is 0.0480 e. The number of rotatable bonds is 3. The Hall–Kier alpha value is -1.06. The molecule has 1 aromatic rings. The summed E-state index contributed by atoms with van der Waals surface area (Å²) in [6, 6.07) is 12.3. The van der Waals surface area contributed by atoms with E-state index < -0.39 is 0 Å². The highest BCUT2D eigenvalue weighted by molar-refractivity contribution is 5.46. The molecule has 110 valence electrons. The number of hydrogen-bond donors (Lipinski definition) is 0. The summed E-state index contributed by atoms with van der Waals surface area (Å²) in [6.45, 7) is 4.25. The first-order chi connectivity index (χ1) is 9.84. The van der Waals surface area contributed by atoms with Crippen LogP contribution in [0, 0.1) is 0 Å². The summed E-state index contributed by atoms with van der Waals surface area (Å²) in [6.07, 6.45) is 4.97. The predicted molar refractivity (Wildman–Crippen MR) is 83.3 cm³/mol. The van der Waals surface area contributed by atoms with Gasteiger partial charge >= 0.3 is 0 Å². The smallest absolute Gasteiger partial charge is 0.0480 e. The van der Waals surface area contributed by atoms with Gasteiger partial charge in [0.05, 0.1) is 0 Å². The standard InChI is InChI=1S/C17H26N2O/c1-18(16-9-13-20-14-10-16)15-7-11-19(12-8-15)17-5-3-2-4-6-17/h2-6,15-16H,7-14H2,1H3. The highest BCUT2D eigenvalue weighted by atomic mass is 16.5. The maximum atomic E-state index is 5.48. The highest BCUT2D eigenvalue weighted by Gasteiger charge is 2.28. The molecule has 2 aliphatic rings. The molecule has 1 aromatic carbocycles. The van der Waals surface area contributed by atoms with Crippen molar-refractivity contribution in [2.24, 2.45) is 0 Å². The summed E-state index contributed by atoms with van der Waals surface area (Å²) in [5, 5.41) is 0. The van der Waals surface area contributed by atoms with Crippen LogP contribution >= 0.6 is 0 Å². The molecule has 3 rings (SSSR count). The fourth-order valence-electron chi connectivity index (χ4n) is 3.56. The van der Waals surface area contributed by atoms with Gasteiger partial charge in [0.25, 0.3) is 0 Å². The molecule has 0 amide bonds. The van der Waals surface area contributed by atoms with Gasteiger partial charge in [-0.25, -0.2) is 0 Å². The van der Waals surface area contributed by atoms with Crippen LogP contribution in [0.1, 0.15) is 25.7 Å². The average molecular weight is 274 g/mol. The lowest BCUT2D eigenvalue weighted by Crippen LogP contribution is -2.48. The Bertz CT molecular complexity index is 395. The number of piperidine rings is 1. The van der Waals surface area contributed by atoms with Gasteiger partial charge in [0.1, 0.15) is 0 Å². The lowest BCUT2D eigenvalue weighted by atomic mass is 9.98. The monoisotopic (exact) mass is 274 g/mol. The fourth-order valence-corrected chi connectivity index (χ4v) is 3.56. The minimum atomic E-state index is 0.733. The van der Waals surface area contributed by atoms with Crippen LogP contribution in [0.4, 0.5) is 5.69 Å². The van der Waals surface area contributed by atoms with E-state index in [0.29, 0.717) is 0 Å². The third-order valence-corrected chi connectivity index (χ3v) is 4.93. The van der Waals surface area contributed by atoms with E-state index in [4.69, 9.17) is 4.74 Å². The van der Waals surface area contributed by atoms with Gasteiger partial charge in [-0.1, -0.05) is 18.2 Å². The first kappa shape index (κ1) is 13.9. The van der Waals surface area contributed by atoms with Crippen LogP contribution in [0.25, 0.3) is 0 Å². The van der Waals surface area contributed by atoms with Crippen LogP contribution in [-0.4, -0.2) is 50.3 Å². The summed E-state index contributed by atoms with van der Waals surface area (Å²) in [5.74, 6) is 0. The Balaban J connectivity index is 1.53. The number of para-hydroxylation sites is 1. The summed E-state index contributed by atoms with van der Waals surface area (Å²) in [7, 11) is 2.32. The molecule has 0 atom stereocenters. The lowest BCUT2D eigenvalue weighted by Gasteiger charge is -2.42. The molecule has 20 heavy (non-hydrogen) atoms. The van der Waals surface area contributed by atoms with Crippen molar-refractivity contribution in [3.05, 3.63) is 30.3 Å². The van der Waals surface area contributed by atoms with Crippen molar-refractivity contribution in [2.75, 3.05) is 38.3 Å². The second-order valence-corrected chi connectivity index (χ2v) is 6.06. The van der Waals surface area contributed by atoms with Crippen LogP contribution in [-0.2, 0) is 4.74 Å². The van der Waals surface area contributed by atoms with E-state index in [-0.39, 0.29) is 0 Å². The van der Waals surface area contributed by atoms with Crippen molar-refractivity contribution in [3.63, 3.8) is 0 Å². The molecule has 2 saturated heterocycles. The highest BCUT2D eigenvalue weighted by Crippen LogP contribution is 2.25. The molecule has 0 bridgehead atoms. The Labute approximate surface area is 122 Å². The molecular weight excluding hydrogens is 248 g/mol. The van der Waals surface area contributed by atoms with Crippen molar-refractivity contribution in [3.8, 4) is 0 Å². The maximum absolute atomic E-state index is 5.48. The first-order valence-corrected chi connectivity index (χ1v) is 7.94. The van der Waals surface area contributed by atoms with Crippen molar-refractivity contribution in [2.45, 2.75) is 37.8 Å².